The van der Waals surface area contributed by atoms with Crippen LogP contribution in [0.1, 0.15) is 11.7 Å². The number of nitrogens with zero attached hydrogens (tertiary/aromatic N) is 3. The second kappa shape index (κ2) is 9.80. The molecule has 4 atom stereocenters. The lowest BCUT2D eigenvalue weighted by molar-refractivity contribution is -0.873. The lowest BCUT2D eigenvalue weighted by atomic mass is 10.1. The van der Waals surface area contributed by atoms with Gasteiger partial charge in [-0.15, -0.1) is 5.10 Å². The van der Waals surface area contributed by atoms with Crippen LogP contribution in [-0.4, -0.2) is 66.6 Å². The van der Waals surface area contributed by atoms with Crippen LogP contribution in [0.3, 0.4) is 0 Å². The number of urea groups is 1. The van der Waals surface area contributed by atoms with Gasteiger partial charge in [-0.1, -0.05) is 23.4 Å². The van der Waals surface area contributed by atoms with Crippen molar-refractivity contribution in [2.24, 2.45) is 0 Å². The number of fused-ring (bicyclic) bond motifs is 1. The first-order valence-electron chi connectivity index (χ1n) is 11.4. The third-order valence-corrected chi connectivity index (χ3v) is 5.87. The van der Waals surface area contributed by atoms with Gasteiger partial charge < -0.3 is 29.7 Å². The number of benzene rings is 2. The molecule has 10 nitrogen and oxygen atoms in total. The van der Waals surface area contributed by atoms with Gasteiger partial charge in [0.15, 0.2) is 0 Å². The number of carbonyl (C=O) groups is 1. The number of ether oxygens (including phenoxy) is 3. The highest BCUT2D eigenvalue weighted by Gasteiger charge is 2.49. The van der Waals surface area contributed by atoms with E-state index in [0.717, 1.165) is 18.0 Å². The molecule has 5 rings (SSSR count). The zero-order valence-electron chi connectivity index (χ0n) is 19.2. The second-order valence-electron chi connectivity index (χ2n) is 8.88. The first-order valence-corrected chi connectivity index (χ1v) is 11.4. The van der Waals surface area contributed by atoms with Crippen molar-refractivity contribution in [3.8, 4) is 11.5 Å². The van der Waals surface area contributed by atoms with Gasteiger partial charge in [-0.05, 0) is 36.4 Å². The van der Waals surface area contributed by atoms with Crippen LogP contribution in [0.4, 0.5) is 10.5 Å². The van der Waals surface area contributed by atoms with Crippen molar-refractivity contribution in [2.45, 2.75) is 30.8 Å². The maximum absolute atomic E-state index is 12.6. The molecule has 34 heavy (non-hydrogen) atoms. The maximum Gasteiger partial charge on any atom is 0.319 e. The molecule has 0 aliphatic carbocycles. The highest BCUT2D eigenvalue weighted by molar-refractivity contribution is 5.89. The summed E-state index contributed by atoms with van der Waals surface area (Å²) < 4.78 is 19.6. The number of nitrogens with one attached hydrogen (secondary N) is 3. The van der Waals surface area contributed by atoms with Crippen LogP contribution < -0.4 is 20.3 Å². The summed E-state index contributed by atoms with van der Waals surface area (Å²) in [5.74, 6) is 1.45. The number of carbonyl (C=O) groups excluding carboxylic acids is 1. The molecule has 10 heteroatoms. The summed E-state index contributed by atoms with van der Waals surface area (Å²) in [7, 11) is 4.14. The minimum atomic E-state index is -0.310. The summed E-state index contributed by atoms with van der Waals surface area (Å²) in [6.07, 6.45) is 1.54. The zero-order chi connectivity index (χ0) is 23.5. The Labute approximate surface area is 197 Å². The summed E-state index contributed by atoms with van der Waals surface area (Å²) in [6.45, 7) is 1.65. The fourth-order valence-corrected chi connectivity index (χ4v) is 4.31. The van der Waals surface area contributed by atoms with Crippen LogP contribution in [0.5, 0.6) is 11.5 Å². The summed E-state index contributed by atoms with van der Waals surface area (Å²) >= 11 is 0. The lowest BCUT2D eigenvalue weighted by Crippen LogP contribution is -3.04. The molecule has 3 heterocycles. The molecule has 3 N–H and O–H groups in total. The first kappa shape index (κ1) is 22.3. The Morgan fingerprint density at radius 3 is 2.56 bits per heavy atom. The lowest BCUT2D eigenvalue weighted by Gasteiger charge is -2.18. The van der Waals surface area contributed by atoms with Crippen molar-refractivity contribution in [1.82, 2.24) is 20.3 Å². The number of hydrogen-bond acceptors (Lipinski definition) is 6. The third-order valence-electron chi connectivity index (χ3n) is 5.87. The second-order valence-corrected chi connectivity index (χ2v) is 8.88. The Kier molecular flexibility index (Phi) is 6.43. The van der Waals surface area contributed by atoms with E-state index in [1.165, 1.54) is 4.90 Å². The number of amides is 2. The third kappa shape index (κ3) is 5.04. The quantitative estimate of drug-likeness (QED) is 0.485. The number of anilines is 1. The van der Waals surface area contributed by atoms with Gasteiger partial charge in [-0.2, -0.15) is 0 Å². The summed E-state index contributed by atoms with van der Waals surface area (Å²) in [4.78, 5) is 13.9. The average Bonchev–Trinajstić information content (AvgIpc) is 3.53. The molecule has 0 radical (unpaired) electrons. The molecule has 178 valence electrons. The van der Waals surface area contributed by atoms with Gasteiger partial charge >= 0.3 is 6.03 Å². The topological polar surface area (TPSA) is 104 Å². The zero-order valence-corrected chi connectivity index (χ0v) is 19.2. The molecule has 2 fully saturated rings. The van der Waals surface area contributed by atoms with E-state index in [0.29, 0.717) is 24.7 Å². The van der Waals surface area contributed by atoms with Crippen LogP contribution in [0.2, 0.25) is 0 Å². The smallest absolute Gasteiger partial charge is 0.319 e. The molecule has 0 bridgehead atoms. The van der Waals surface area contributed by atoms with Crippen LogP contribution >= 0.6 is 0 Å². The summed E-state index contributed by atoms with van der Waals surface area (Å²) in [6, 6.07) is 16.1. The standard InChI is InChI=1S/C24H28N6O4/c1-29(2)12-17-13-30(28-27-17)21-15-33-22-20(14-32-23(21)22)26-24(31)25-16-8-10-19(11-9-16)34-18-6-4-3-5-7-18/h3-11,13,20-23H,12,14-15H2,1-2H3,(H2,25,26,31)/p+1/t20-,21-,22+,23+/m0/s1. The van der Waals surface area contributed by atoms with Gasteiger partial charge in [0.05, 0.1) is 39.5 Å². The van der Waals surface area contributed by atoms with E-state index in [-0.39, 0.29) is 30.3 Å². The molecular weight excluding hydrogens is 436 g/mol. The average molecular weight is 466 g/mol. The van der Waals surface area contributed by atoms with Crippen molar-refractivity contribution in [3.05, 3.63) is 66.5 Å². The van der Waals surface area contributed by atoms with E-state index in [4.69, 9.17) is 14.2 Å². The van der Waals surface area contributed by atoms with Crippen molar-refractivity contribution in [1.29, 1.82) is 0 Å². The minimum Gasteiger partial charge on any atom is -0.457 e. The van der Waals surface area contributed by atoms with E-state index < -0.39 is 0 Å². The molecule has 1 aromatic heterocycles. The SMILES string of the molecule is C[NH+](C)Cc1cn([C@H]2CO[C@H]3[C@@H]2OC[C@@H]3NC(=O)Nc2ccc(Oc3ccccc3)cc2)nn1. The first-order chi connectivity index (χ1) is 16.5. The van der Waals surface area contributed by atoms with E-state index in [1.54, 1.807) is 12.1 Å². The predicted molar refractivity (Wildman–Crippen MR) is 124 cm³/mol. The number of hydrogen-bond donors (Lipinski definition) is 3. The van der Waals surface area contributed by atoms with Gasteiger partial charge in [0.2, 0.25) is 0 Å². The largest absolute Gasteiger partial charge is 0.457 e. The Morgan fingerprint density at radius 1 is 1.06 bits per heavy atom. The molecule has 2 aliphatic heterocycles. The van der Waals surface area contributed by atoms with Gasteiger partial charge in [0.1, 0.15) is 42.0 Å². The van der Waals surface area contributed by atoms with Gasteiger partial charge in [-0.25, -0.2) is 9.48 Å². The highest BCUT2D eigenvalue weighted by atomic mass is 16.6. The number of quaternary nitrogens is 1. The van der Waals surface area contributed by atoms with E-state index in [2.05, 4.69) is 35.0 Å². The fourth-order valence-electron chi connectivity index (χ4n) is 4.31. The van der Waals surface area contributed by atoms with Crippen LogP contribution in [0.25, 0.3) is 0 Å². The van der Waals surface area contributed by atoms with E-state index >= 15 is 0 Å². The Morgan fingerprint density at radius 2 is 1.79 bits per heavy atom. The molecular formula is C24H29N6O4+. The normalized spacial score (nSPS) is 23.6. The predicted octanol–water partition coefficient (Wildman–Crippen LogP) is 1.24. The molecule has 2 amide bonds. The van der Waals surface area contributed by atoms with Crippen LogP contribution in [0, 0.1) is 0 Å². The maximum atomic E-state index is 12.6. The van der Waals surface area contributed by atoms with Crippen molar-refractivity contribution < 1.29 is 23.9 Å². The number of aromatic nitrogens is 3. The van der Waals surface area contributed by atoms with Crippen molar-refractivity contribution in [3.63, 3.8) is 0 Å². The number of rotatable bonds is 7. The molecule has 2 aliphatic rings. The van der Waals surface area contributed by atoms with Gasteiger partial charge in [0, 0.05) is 5.69 Å². The van der Waals surface area contributed by atoms with Gasteiger partial charge in [0.25, 0.3) is 0 Å². The van der Waals surface area contributed by atoms with Crippen LogP contribution in [-0.2, 0) is 16.0 Å². The molecule has 3 aromatic rings. The molecule has 0 saturated carbocycles. The molecule has 0 unspecified atom stereocenters. The fraction of sp³-hybridized carbons (Fsp3) is 0.375. The van der Waals surface area contributed by atoms with E-state index in [1.807, 2.05) is 53.3 Å². The summed E-state index contributed by atoms with van der Waals surface area (Å²) in [5, 5.41) is 14.4. The number of para-hydroxylation sites is 1. The highest BCUT2D eigenvalue weighted by Crippen LogP contribution is 2.34. The summed E-state index contributed by atoms with van der Waals surface area (Å²) in [5.41, 5.74) is 1.59. The van der Waals surface area contributed by atoms with E-state index in [9.17, 15) is 4.79 Å². The van der Waals surface area contributed by atoms with Crippen molar-refractivity contribution >= 4 is 11.7 Å². The van der Waals surface area contributed by atoms with Crippen LogP contribution in [0.15, 0.2) is 60.8 Å². The Balaban J connectivity index is 1.14. The van der Waals surface area contributed by atoms with Gasteiger partial charge in [-0.3, -0.25) is 0 Å². The Bertz CT molecular complexity index is 1100. The molecule has 2 saturated heterocycles. The molecule has 0 spiro atoms. The molecule has 2 aromatic carbocycles. The monoisotopic (exact) mass is 465 g/mol. The minimum absolute atomic E-state index is 0.0598. The van der Waals surface area contributed by atoms with Crippen molar-refractivity contribution in [2.75, 3.05) is 32.6 Å². The Hall–Kier alpha value is -3.47.